The maximum Gasteiger partial charge on any atom is 0.308 e. The number of nitrogens with two attached hydrogens (primary N) is 1. The number of rotatable bonds is 3. The molecule has 0 aliphatic carbocycles. The van der Waals surface area contributed by atoms with Gasteiger partial charge in [0, 0.05) is 13.0 Å². The van der Waals surface area contributed by atoms with Crippen molar-refractivity contribution in [1.29, 1.82) is 0 Å². The van der Waals surface area contributed by atoms with Crippen LogP contribution in [0.25, 0.3) is 0 Å². The summed E-state index contributed by atoms with van der Waals surface area (Å²) in [4.78, 5) is 10.6. The van der Waals surface area contributed by atoms with Crippen LogP contribution in [0.2, 0.25) is 0 Å². The lowest BCUT2D eigenvalue weighted by Gasteiger charge is -2.06. The summed E-state index contributed by atoms with van der Waals surface area (Å²) in [5.41, 5.74) is 6.81. The Hall–Kier alpha value is -1.35. The lowest BCUT2D eigenvalue weighted by Crippen LogP contribution is -2.17. The summed E-state index contributed by atoms with van der Waals surface area (Å²) in [6.07, 6.45) is 0.834. The highest BCUT2D eigenvalue weighted by Gasteiger charge is 2.00. The summed E-state index contributed by atoms with van der Waals surface area (Å²) in [6, 6.07) is 7.54. The lowest BCUT2D eigenvalue weighted by atomic mass is 10.1. The van der Waals surface area contributed by atoms with Crippen LogP contribution >= 0.6 is 0 Å². The van der Waals surface area contributed by atoms with E-state index in [1.807, 2.05) is 19.1 Å². The predicted molar refractivity (Wildman–Crippen MR) is 55.1 cm³/mol. The first-order chi connectivity index (χ1) is 6.58. The molecule has 0 bridgehead atoms. The molecule has 0 saturated heterocycles. The van der Waals surface area contributed by atoms with Gasteiger partial charge < -0.3 is 10.5 Å². The van der Waals surface area contributed by atoms with Crippen LogP contribution in [0.15, 0.2) is 24.3 Å². The number of carbonyl (C=O) groups is 1. The average molecular weight is 193 g/mol. The molecule has 2 N–H and O–H groups in total. The topological polar surface area (TPSA) is 52.3 Å². The van der Waals surface area contributed by atoms with E-state index in [-0.39, 0.29) is 12.0 Å². The van der Waals surface area contributed by atoms with Crippen LogP contribution in [0, 0.1) is 0 Å². The number of ether oxygens (including phenoxy) is 1. The smallest absolute Gasteiger partial charge is 0.308 e. The number of benzene rings is 1. The summed E-state index contributed by atoms with van der Waals surface area (Å²) >= 11 is 0. The van der Waals surface area contributed by atoms with E-state index in [1.165, 1.54) is 6.92 Å². The van der Waals surface area contributed by atoms with Crippen LogP contribution in [-0.2, 0) is 11.2 Å². The van der Waals surface area contributed by atoms with E-state index in [1.54, 1.807) is 12.1 Å². The normalized spacial score (nSPS) is 12.2. The van der Waals surface area contributed by atoms with Crippen LogP contribution in [0.1, 0.15) is 19.4 Å². The second kappa shape index (κ2) is 4.77. The third-order valence-electron chi connectivity index (χ3n) is 1.74. The van der Waals surface area contributed by atoms with Crippen molar-refractivity contribution in [1.82, 2.24) is 0 Å². The van der Waals surface area contributed by atoms with Gasteiger partial charge in [0.15, 0.2) is 0 Å². The Bertz CT molecular complexity index is 304. The molecule has 3 nitrogen and oxygen atoms in total. The summed E-state index contributed by atoms with van der Waals surface area (Å²) in [6.45, 7) is 3.34. The fourth-order valence-corrected chi connectivity index (χ4v) is 1.23. The first-order valence-corrected chi connectivity index (χ1v) is 4.61. The molecule has 1 aromatic rings. The zero-order valence-corrected chi connectivity index (χ0v) is 8.49. The van der Waals surface area contributed by atoms with Gasteiger partial charge in [-0.05, 0) is 31.0 Å². The molecule has 0 amide bonds. The van der Waals surface area contributed by atoms with Gasteiger partial charge in [-0.15, -0.1) is 0 Å². The quantitative estimate of drug-likeness (QED) is 0.584. The van der Waals surface area contributed by atoms with Crippen LogP contribution in [0.3, 0.4) is 0 Å². The van der Waals surface area contributed by atoms with Crippen molar-refractivity contribution in [3.8, 4) is 5.75 Å². The molecule has 76 valence electrons. The van der Waals surface area contributed by atoms with Gasteiger partial charge >= 0.3 is 5.97 Å². The molecule has 0 radical (unpaired) electrons. The molecule has 14 heavy (non-hydrogen) atoms. The summed E-state index contributed by atoms with van der Waals surface area (Å²) in [5, 5.41) is 0. The highest BCUT2D eigenvalue weighted by Crippen LogP contribution is 2.13. The van der Waals surface area contributed by atoms with Crippen molar-refractivity contribution in [2.45, 2.75) is 26.3 Å². The van der Waals surface area contributed by atoms with E-state index >= 15 is 0 Å². The molecule has 0 aliphatic heterocycles. The molecule has 0 unspecified atom stereocenters. The highest BCUT2D eigenvalue weighted by atomic mass is 16.5. The number of hydrogen-bond acceptors (Lipinski definition) is 3. The Kier molecular flexibility index (Phi) is 3.65. The minimum Gasteiger partial charge on any atom is -0.427 e. The van der Waals surface area contributed by atoms with Gasteiger partial charge in [0.1, 0.15) is 5.75 Å². The van der Waals surface area contributed by atoms with Gasteiger partial charge in [-0.3, -0.25) is 4.79 Å². The Morgan fingerprint density at radius 1 is 1.43 bits per heavy atom. The Morgan fingerprint density at radius 2 is 2.00 bits per heavy atom. The zero-order valence-electron chi connectivity index (χ0n) is 8.49. The van der Waals surface area contributed by atoms with E-state index < -0.39 is 0 Å². The standard InChI is InChI=1S/C11H15NO2/c1-8(12)7-10-3-5-11(6-4-10)14-9(2)13/h3-6,8H,7,12H2,1-2H3/t8-/m1/s1. The highest BCUT2D eigenvalue weighted by molar-refractivity contribution is 5.69. The maximum atomic E-state index is 10.6. The minimum absolute atomic E-state index is 0.148. The predicted octanol–water partition coefficient (Wildman–Crippen LogP) is 1.50. The number of carbonyl (C=O) groups excluding carboxylic acids is 1. The number of esters is 1. The fourth-order valence-electron chi connectivity index (χ4n) is 1.23. The summed E-state index contributed by atoms with van der Waals surface area (Å²) in [5.74, 6) is 0.274. The van der Waals surface area contributed by atoms with E-state index in [2.05, 4.69) is 0 Å². The molecule has 0 saturated carbocycles. The SMILES string of the molecule is CC(=O)Oc1ccc(C[C@@H](C)N)cc1. The van der Waals surface area contributed by atoms with Crippen LogP contribution < -0.4 is 10.5 Å². The second-order valence-electron chi connectivity index (χ2n) is 3.42. The molecule has 1 rings (SSSR count). The van der Waals surface area contributed by atoms with Gasteiger partial charge in [-0.2, -0.15) is 0 Å². The Morgan fingerprint density at radius 3 is 2.43 bits per heavy atom. The molecule has 0 aromatic heterocycles. The Labute approximate surface area is 83.9 Å². The first-order valence-electron chi connectivity index (χ1n) is 4.61. The molecular weight excluding hydrogens is 178 g/mol. The molecule has 1 aromatic carbocycles. The van der Waals surface area contributed by atoms with Gasteiger partial charge in [0.25, 0.3) is 0 Å². The van der Waals surface area contributed by atoms with Crippen molar-refractivity contribution < 1.29 is 9.53 Å². The number of hydrogen-bond donors (Lipinski definition) is 1. The van der Waals surface area contributed by atoms with E-state index in [0.29, 0.717) is 5.75 Å². The third-order valence-corrected chi connectivity index (χ3v) is 1.74. The lowest BCUT2D eigenvalue weighted by molar-refractivity contribution is -0.131. The molecule has 0 heterocycles. The van der Waals surface area contributed by atoms with E-state index in [0.717, 1.165) is 12.0 Å². The van der Waals surface area contributed by atoms with Crippen molar-refractivity contribution in [2.24, 2.45) is 5.73 Å². The molecule has 0 aliphatic rings. The van der Waals surface area contributed by atoms with Crippen molar-refractivity contribution in [3.05, 3.63) is 29.8 Å². The van der Waals surface area contributed by atoms with Crippen LogP contribution in [0.5, 0.6) is 5.75 Å². The molecule has 0 fully saturated rings. The largest absolute Gasteiger partial charge is 0.427 e. The molecule has 0 spiro atoms. The van der Waals surface area contributed by atoms with Crippen molar-refractivity contribution in [3.63, 3.8) is 0 Å². The molecule has 3 heteroatoms. The fraction of sp³-hybridized carbons (Fsp3) is 0.364. The average Bonchev–Trinajstić information content (AvgIpc) is 2.06. The zero-order chi connectivity index (χ0) is 10.6. The van der Waals surface area contributed by atoms with Gasteiger partial charge in [0.05, 0.1) is 0 Å². The van der Waals surface area contributed by atoms with Crippen molar-refractivity contribution in [2.75, 3.05) is 0 Å². The van der Waals surface area contributed by atoms with Gasteiger partial charge in [-0.25, -0.2) is 0 Å². The van der Waals surface area contributed by atoms with Gasteiger partial charge in [0.2, 0.25) is 0 Å². The minimum atomic E-state index is -0.301. The maximum absolute atomic E-state index is 10.6. The monoisotopic (exact) mass is 193 g/mol. The van der Waals surface area contributed by atoms with E-state index in [9.17, 15) is 4.79 Å². The van der Waals surface area contributed by atoms with Crippen molar-refractivity contribution >= 4 is 5.97 Å². The van der Waals surface area contributed by atoms with Crippen LogP contribution in [-0.4, -0.2) is 12.0 Å². The second-order valence-corrected chi connectivity index (χ2v) is 3.42. The third kappa shape index (κ3) is 3.58. The van der Waals surface area contributed by atoms with Gasteiger partial charge in [-0.1, -0.05) is 12.1 Å². The molecule has 1 atom stereocenters. The summed E-state index contributed by atoms with van der Waals surface area (Å²) < 4.78 is 4.90. The van der Waals surface area contributed by atoms with E-state index in [4.69, 9.17) is 10.5 Å². The molecular formula is C11H15NO2. The first kappa shape index (κ1) is 10.7. The summed E-state index contributed by atoms with van der Waals surface area (Å²) in [7, 11) is 0. The Balaban J connectivity index is 2.63. The van der Waals surface area contributed by atoms with Crippen LogP contribution in [0.4, 0.5) is 0 Å².